The normalized spacial score (nSPS) is 28.4. The van der Waals surface area contributed by atoms with E-state index in [0.717, 1.165) is 29.9 Å². The number of aryl methyl sites for hydroxylation is 1. The topological polar surface area (TPSA) is 29.3 Å². The van der Waals surface area contributed by atoms with Gasteiger partial charge in [0, 0.05) is 12.2 Å². The molecule has 2 nitrogen and oxygen atoms in total. The number of benzene rings is 1. The third-order valence-corrected chi connectivity index (χ3v) is 5.39. The van der Waals surface area contributed by atoms with Crippen molar-refractivity contribution in [1.29, 1.82) is 0 Å². The monoisotopic (exact) mass is 272 g/mol. The van der Waals surface area contributed by atoms with Crippen LogP contribution in [0.1, 0.15) is 37.7 Å². The highest BCUT2D eigenvalue weighted by Gasteiger charge is 2.39. The summed E-state index contributed by atoms with van der Waals surface area (Å²) in [6, 6.07) is 8.32. The second-order valence-corrected chi connectivity index (χ2v) is 7.05. The SMILES string of the molecule is CN(CCCc1cccc(N)c1)CC1CC2CCC1C2. The summed E-state index contributed by atoms with van der Waals surface area (Å²) in [4.78, 5) is 2.55. The third kappa shape index (κ3) is 3.35. The Morgan fingerprint density at radius 2 is 2.15 bits per heavy atom. The molecule has 2 aliphatic rings. The van der Waals surface area contributed by atoms with E-state index in [-0.39, 0.29) is 0 Å². The number of anilines is 1. The molecule has 2 N–H and O–H groups in total. The molecule has 2 bridgehead atoms. The Labute approximate surface area is 123 Å². The molecular formula is C18H28N2. The van der Waals surface area contributed by atoms with E-state index in [4.69, 9.17) is 5.73 Å². The number of nitrogens with zero attached hydrogens (tertiary/aromatic N) is 1. The van der Waals surface area contributed by atoms with Crippen LogP contribution in [0.3, 0.4) is 0 Å². The predicted molar refractivity (Wildman–Crippen MR) is 85.6 cm³/mol. The van der Waals surface area contributed by atoms with E-state index in [1.54, 1.807) is 0 Å². The molecule has 0 heterocycles. The number of nitrogens with two attached hydrogens (primary N) is 1. The molecule has 110 valence electrons. The van der Waals surface area contributed by atoms with Crippen molar-refractivity contribution < 1.29 is 0 Å². The molecule has 0 spiro atoms. The van der Waals surface area contributed by atoms with Crippen LogP contribution in [0.25, 0.3) is 0 Å². The third-order valence-electron chi connectivity index (χ3n) is 5.39. The molecule has 3 atom stereocenters. The number of fused-ring (bicyclic) bond motifs is 2. The number of nitrogen functional groups attached to an aromatic ring is 1. The van der Waals surface area contributed by atoms with Crippen molar-refractivity contribution in [1.82, 2.24) is 4.90 Å². The molecule has 2 saturated carbocycles. The maximum Gasteiger partial charge on any atom is 0.0316 e. The fourth-order valence-electron chi connectivity index (χ4n) is 4.39. The molecule has 2 fully saturated rings. The molecule has 0 radical (unpaired) electrons. The van der Waals surface area contributed by atoms with Crippen LogP contribution < -0.4 is 5.73 Å². The summed E-state index contributed by atoms with van der Waals surface area (Å²) in [5, 5.41) is 0. The summed E-state index contributed by atoms with van der Waals surface area (Å²) >= 11 is 0. The van der Waals surface area contributed by atoms with Crippen LogP contribution in [-0.2, 0) is 6.42 Å². The van der Waals surface area contributed by atoms with Crippen LogP contribution in [0.5, 0.6) is 0 Å². The Kier molecular flexibility index (Phi) is 4.30. The second kappa shape index (κ2) is 6.17. The molecule has 1 aromatic carbocycles. The van der Waals surface area contributed by atoms with E-state index in [1.807, 2.05) is 6.07 Å². The van der Waals surface area contributed by atoms with Crippen LogP contribution in [0, 0.1) is 17.8 Å². The van der Waals surface area contributed by atoms with Gasteiger partial charge in [-0.1, -0.05) is 18.6 Å². The van der Waals surface area contributed by atoms with Crippen molar-refractivity contribution in [3.8, 4) is 0 Å². The highest BCUT2D eigenvalue weighted by Crippen LogP contribution is 2.48. The average Bonchev–Trinajstić information content (AvgIpc) is 3.01. The number of rotatable bonds is 6. The molecule has 0 aromatic heterocycles. The molecule has 1 aromatic rings. The van der Waals surface area contributed by atoms with E-state index < -0.39 is 0 Å². The van der Waals surface area contributed by atoms with Crippen LogP contribution in [-0.4, -0.2) is 25.0 Å². The Balaban J connectivity index is 1.38. The minimum Gasteiger partial charge on any atom is -0.399 e. The molecule has 3 unspecified atom stereocenters. The van der Waals surface area contributed by atoms with Gasteiger partial charge in [0.1, 0.15) is 0 Å². The highest BCUT2D eigenvalue weighted by atomic mass is 15.1. The summed E-state index contributed by atoms with van der Waals surface area (Å²) in [6.07, 6.45) is 8.44. The first kappa shape index (κ1) is 13.9. The summed E-state index contributed by atoms with van der Waals surface area (Å²) in [5.41, 5.74) is 8.08. The first-order chi connectivity index (χ1) is 9.70. The Bertz CT molecular complexity index is 443. The predicted octanol–water partition coefficient (Wildman–Crippen LogP) is 3.57. The van der Waals surface area contributed by atoms with E-state index in [1.165, 1.54) is 50.8 Å². The van der Waals surface area contributed by atoms with Gasteiger partial charge in [0.2, 0.25) is 0 Å². The van der Waals surface area contributed by atoms with Gasteiger partial charge in [0.05, 0.1) is 0 Å². The minimum atomic E-state index is 0.887. The summed E-state index contributed by atoms with van der Waals surface area (Å²) in [5.74, 6) is 3.12. The molecule has 2 aliphatic carbocycles. The average molecular weight is 272 g/mol. The highest BCUT2D eigenvalue weighted by molar-refractivity contribution is 5.40. The summed E-state index contributed by atoms with van der Waals surface area (Å²) in [6.45, 7) is 2.53. The van der Waals surface area contributed by atoms with Crippen LogP contribution in [0.4, 0.5) is 5.69 Å². The van der Waals surface area contributed by atoms with Crippen molar-refractivity contribution in [3.05, 3.63) is 29.8 Å². The fraction of sp³-hybridized carbons (Fsp3) is 0.667. The Hall–Kier alpha value is -1.02. The first-order valence-electron chi connectivity index (χ1n) is 8.23. The Morgan fingerprint density at radius 1 is 1.25 bits per heavy atom. The molecule has 0 aliphatic heterocycles. The number of hydrogen-bond donors (Lipinski definition) is 1. The van der Waals surface area contributed by atoms with Crippen molar-refractivity contribution in [2.45, 2.75) is 38.5 Å². The summed E-state index contributed by atoms with van der Waals surface area (Å²) in [7, 11) is 2.30. The van der Waals surface area contributed by atoms with Gasteiger partial charge >= 0.3 is 0 Å². The lowest BCUT2D eigenvalue weighted by atomic mass is 9.88. The molecule has 0 amide bonds. The maximum absolute atomic E-state index is 5.82. The molecule has 2 heteroatoms. The maximum atomic E-state index is 5.82. The summed E-state index contributed by atoms with van der Waals surface area (Å²) < 4.78 is 0. The van der Waals surface area contributed by atoms with Crippen molar-refractivity contribution in [2.24, 2.45) is 17.8 Å². The molecular weight excluding hydrogens is 244 g/mol. The zero-order chi connectivity index (χ0) is 13.9. The lowest BCUT2D eigenvalue weighted by molar-refractivity contribution is 0.218. The van der Waals surface area contributed by atoms with Gasteiger partial charge in [-0.05, 0) is 81.1 Å². The van der Waals surface area contributed by atoms with Crippen LogP contribution in [0.2, 0.25) is 0 Å². The fourth-order valence-corrected chi connectivity index (χ4v) is 4.39. The molecule has 3 rings (SSSR count). The van der Waals surface area contributed by atoms with Crippen LogP contribution >= 0.6 is 0 Å². The lowest BCUT2D eigenvalue weighted by Gasteiger charge is -2.27. The number of hydrogen-bond acceptors (Lipinski definition) is 2. The van der Waals surface area contributed by atoms with Crippen molar-refractivity contribution in [2.75, 3.05) is 25.9 Å². The van der Waals surface area contributed by atoms with Crippen molar-refractivity contribution in [3.63, 3.8) is 0 Å². The van der Waals surface area contributed by atoms with E-state index in [9.17, 15) is 0 Å². The first-order valence-corrected chi connectivity index (χ1v) is 8.23. The zero-order valence-corrected chi connectivity index (χ0v) is 12.7. The smallest absolute Gasteiger partial charge is 0.0316 e. The van der Waals surface area contributed by atoms with E-state index >= 15 is 0 Å². The van der Waals surface area contributed by atoms with Gasteiger partial charge in [-0.3, -0.25) is 0 Å². The van der Waals surface area contributed by atoms with E-state index in [0.29, 0.717) is 0 Å². The molecule has 0 saturated heterocycles. The van der Waals surface area contributed by atoms with Gasteiger partial charge in [0.25, 0.3) is 0 Å². The molecule has 20 heavy (non-hydrogen) atoms. The van der Waals surface area contributed by atoms with Gasteiger partial charge in [-0.25, -0.2) is 0 Å². The Morgan fingerprint density at radius 3 is 2.85 bits per heavy atom. The minimum absolute atomic E-state index is 0.887. The second-order valence-electron chi connectivity index (χ2n) is 7.05. The quantitative estimate of drug-likeness (QED) is 0.802. The standard InChI is InChI=1S/C18H28N2/c1-20(13-17-11-15-7-8-16(17)10-15)9-3-5-14-4-2-6-18(19)12-14/h2,4,6,12,15-17H,3,5,7-11,13,19H2,1H3. The van der Waals surface area contributed by atoms with Gasteiger partial charge in [-0.15, -0.1) is 0 Å². The van der Waals surface area contributed by atoms with Crippen molar-refractivity contribution >= 4 is 5.69 Å². The van der Waals surface area contributed by atoms with Gasteiger partial charge in [0.15, 0.2) is 0 Å². The largest absolute Gasteiger partial charge is 0.399 e. The van der Waals surface area contributed by atoms with Gasteiger partial charge in [-0.2, -0.15) is 0 Å². The zero-order valence-electron chi connectivity index (χ0n) is 12.7. The van der Waals surface area contributed by atoms with Crippen LogP contribution in [0.15, 0.2) is 24.3 Å². The van der Waals surface area contributed by atoms with E-state index in [2.05, 4.69) is 30.1 Å². The van der Waals surface area contributed by atoms with Gasteiger partial charge < -0.3 is 10.6 Å². The lowest BCUT2D eigenvalue weighted by Crippen LogP contribution is -2.29.